The van der Waals surface area contributed by atoms with E-state index in [1.807, 2.05) is 0 Å². The highest BCUT2D eigenvalue weighted by Crippen LogP contribution is 2.75. The summed E-state index contributed by atoms with van der Waals surface area (Å²) in [6, 6.07) is 64.1. The summed E-state index contributed by atoms with van der Waals surface area (Å²) in [4.78, 5) is 4.23. The number of rotatable bonds is 3. The van der Waals surface area contributed by atoms with E-state index in [1.165, 1.54) is 91.2 Å². The Morgan fingerprint density at radius 3 is 1.40 bits per heavy atom. The minimum atomic E-state index is -1.62. The van der Waals surface area contributed by atoms with Crippen LogP contribution in [0.15, 0.2) is 196 Å². The molecule has 0 atom stereocenters. The van der Waals surface area contributed by atoms with Crippen molar-refractivity contribution in [2.75, 3.05) is 0 Å². The van der Waals surface area contributed by atoms with Gasteiger partial charge in [-0.15, -0.1) is 10.0 Å². The van der Waals surface area contributed by atoms with Crippen LogP contribution in [0.5, 0.6) is 0 Å². The van der Waals surface area contributed by atoms with Gasteiger partial charge in [0.15, 0.2) is 0 Å². The summed E-state index contributed by atoms with van der Waals surface area (Å²) in [6.45, 7) is 6.84. The molecule has 0 N–H and O–H groups in total. The summed E-state index contributed by atoms with van der Waals surface area (Å²) < 4.78 is 0. The molecule has 10 rings (SSSR count). The molecule has 0 unspecified atom stereocenters. The van der Waals surface area contributed by atoms with Gasteiger partial charge in [0.25, 0.3) is 0 Å². The molecule has 0 saturated heterocycles. The van der Waals surface area contributed by atoms with Crippen LogP contribution in [0.2, 0.25) is 0 Å². The minimum Gasteiger partial charge on any atom is -0.139 e. The summed E-state index contributed by atoms with van der Waals surface area (Å²) in [6.07, 6.45) is 2.41. The Balaban J connectivity index is 0.000000279. The number of fused-ring (bicyclic) bond motifs is 7. The first-order chi connectivity index (χ1) is 25.6. The van der Waals surface area contributed by atoms with E-state index in [0.717, 1.165) is 0 Å². The van der Waals surface area contributed by atoms with E-state index in [-0.39, 0.29) is 0 Å². The van der Waals surface area contributed by atoms with Crippen molar-refractivity contribution in [2.45, 2.75) is 35.5 Å². The zero-order valence-corrected chi connectivity index (χ0v) is 30.6. The Labute approximate surface area is 308 Å². The number of hydrogen-bond acceptors (Lipinski definition) is 0. The van der Waals surface area contributed by atoms with E-state index in [2.05, 4.69) is 208 Å². The van der Waals surface area contributed by atoms with Crippen molar-refractivity contribution in [3.8, 4) is 11.1 Å². The van der Waals surface area contributed by atoms with Gasteiger partial charge in [0.1, 0.15) is 0 Å². The molecule has 9 aromatic rings. The van der Waals surface area contributed by atoms with Gasteiger partial charge in [-0.25, -0.2) is 0 Å². The second-order valence-electron chi connectivity index (χ2n) is 13.8. The molecular weight excluding hydrogens is 645 g/mol. The molecule has 250 valence electrons. The second kappa shape index (κ2) is 13.0. The fraction of sp³-hybridized carbons (Fsp3) is 0.0588. The van der Waals surface area contributed by atoms with Crippen LogP contribution in [0.1, 0.15) is 22.3 Å². The summed E-state index contributed by atoms with van der Waals surface area (Å²) in [7, 11) is -1.62. The maximum Gasteiger partial charge on any atom is 0.0132 e. The van der Waals surface area contributed by atoms with Crippen LogP contribution < -0.4 is 0 Å². The molecular formula is C51H40S. The fourth-order valence-electron chi connectivity index (χ4n) is 8.54. The minimum absolute atomic E-state index is 1.32. The Morgan fingerprint density at radius 2 is 0.788 bits per heavy atom. The van der Waals surface area contributed by atoms with Gasteiger partial charge in [0.2, 0.25) is 0 Å². The Morgan fingerprint density at radius 1 is 0.346 bits per heavy atom. The monoisotopic (exact) mass is 684 g/mol. The average Bonchev–Trinajstić information content (AvgIpc) is 3.63. The average molecular weight is 685 g/mol. The molecule has 0 bridgehead atoms. The summed E-state index contributed by atoms with van der Waals surface area (Å²) in [5.74, 6) is 0. The smallest absolute Gasteiger partial charge is 0.0132 e. The molecule has 0 saturated carbocycles. The topological polar surface area (TPSA) is 0 Å². The SMILES string of the molecule is Cc1c2c(c3ccccc3c1-c1c(C)c3ccccc3c3ccccc13)C=CS2(c1ccccc1)c1ccccc1.Cc1cccc2ccccc12. The van der Waals surface area contributed by atoms with Gasteiger partial charge < -0.3 is 0 Å². The lowest BCUT2D eigenvalue weighted by atomic mass is 9.84. The van der Waals surface area contributed by atoms with Crippen molar-refractivity contribution >= 4 is 59.2 Å². The van der Waals surface area contributed by atoms with Crippen molar-refractivity contribution in [2.24, 2.45) is 0 Å². The van der Waals surface area contributed by atoms with Crippen LogP contribution in [-0.2, 0) is 0 Å². The van der Waals surface area contributed by atoms with Gasteiger partial charge in [-0.3, -0.25) is 0 Å². The van der Waals surface area contributed by atoms with Gasteiger partial charge in [-0.05, 0) is 133 Å². The molecule has 0 fully saturated rings. The van der Waals surface area contributed by atoms with Crippen LogP contribution in [0.4, 0.5) is 0 Å². The highest BCUT2D eigenvalue weighted by molar-refractivity contribution is 8.36. The predicted octanol–water partition coefficient (Wildman–Crippen LogP) is 14.8. The van der Waals surface area contributed by atoms with Crippen molar-refractivity contribution < 1.29 is 0 Å². The van der Waals surface area contributed by atoms with Crippen LogP contribution in [0, 0.1) is 20.8 Å². The first-order valence-corrected chi connectivity index (χ1v) is 19.8. The van der Waals surface area contributed by atoms with Crippen LogP contribution in [0.3, 0.4) is 0 Å². The second-order valence-corrected chi connectivity index (χ2v) is 16.7. The lowest BCUT2D eigenvalue weighted by Crippen LogP contribution is -2.04. The standard InChI is InChI=1S/C40H30S.C11H10/c1-27-31-19-9-10-20-32(31)33-21-11-13-23-35(33)38(27)39-28(2)40-37(34-22-12-14-24-36(34)39)25-26-41(40,29-15-5-3-6-16-29)30-17-7-4-8-18-30;1-9-5-4-7-10-6-2-3-8-11(9)10/h3-26H,1-2H3;2-8H,1H3. The van der Waals surface area contributed by atoms with E-state index in [0.29, 0.717) is 0 Å². The normalized spacial score (nSPS) is 13.6. The molecule has 0 aliphatic carbocycles. The van der Waals surface area contributed by atoms with Crippen LogP contribution >= 0.6 is 10.0 Å². The molecule has 52 heavy (non-hydrogen) atoms. The molecule has 0 spiro atoms. The van der Waals surface area contributed by atoms with Crippen LogP contribution in [0.25, 0.3) is 60.3 Å². The van der Waals surface area contributed by atoms with Crippen LogP contribution in [-0.4, -0.2) is 0 Å². The first kappa shape index (κ1) is 32.0. The summed E-state index contributed by atoms with van der Waals surface area (Å²) in [5.41, 5.74) is 8.17. The molecule has 0 amide bonds. The largest absolute Gasteiger partial charge is 0.139 e. The highest BCUT2D eigenvalue weighted by atomic mass is 32.3. The third-order valence-corrected chi connectivity index (χ3v) is 14.6. The molecule has 9 aromatic carbocycles. The van der Waals surface area contributed by atoms with E-state index in [9.17, 15) is 0 Å². The third kappa shape index (κ3) is 4.99. The maximum absolute atomic E-state index is 2.52. The number of benzene rings is 9. The molecule has 0 nitrogen and oxygen atoms in total. The van der Waals surface area contributed by atoms with Crippen molar-refractivity contribution in [3.63, 3.8) is 0 Å². The maximum atomic E-state index is 2.52. The third-order valence-electron chi connectivity index (χ3n) is 10.9. The zero-order valence-electron chi connectivity index (χ0n) is 29.8. The quantitative estimate of drug-likeness (QED) is 0.163. The molecule has 1 heterocycles. The molecule has 1 aliphatic rings. The van der Waals surface area contributed by atoms with E-state index < -0.39 is 10.0 Å². The lowest BCUT2D eigenvalue weighted by Gasteiger charge is -2.38. The molecule has 1 aliphatic heterocycles. The predicted molar refractivity (Wildman–Crippen MR) is 227 cm³/mol. The number of aryl methyl sites for hydroxylation is 2. The Hall–Kier alpha value is -5.89. The van der Waals surface area contributed by atoms with E-state index >= 15 is 0 Å². The van der Waals surface area contributed by atoms with Gasteiger partial charge >= 0.3 is 0 Å². The van der Waals surface area contributed by atoms with Gasteiger partial charge in [-0.2, -0.15) is 0 Å². The van der Waals surface area contributed by atoms with E-state index in [1.54, 1.807) is 0 Å². The Bertz CT molecular complexity index is 2760. The molecule has 1 heteroatoms. The molecule has 0 aromatic heterocycles. The first-order valence-electron chi connectivity index (χ1n) is 18.1. The zero-order chi connectivity index (χ0) is 35.2. The summed E-state index contributed by atoms with van der Waals surface area (Å²) >= 11 is 0. The lowest BCUT2D eigenvalue weighted by molar-refractivity contribution is 1.26. The van der Waals surface area contributed by atoms with E-state index in [4.69, 9.17) is 0 Å². The fourth-order valence-corrected chi connectivity index (χ4v) is 12.4. The van der Waals surface area contributed by atoms with Gasteiger partial charge in [0, 0.05) is 14.7 Å². The van der Waals surface area contributed by atoms with Gasteiger partial charge in [-0.1, -0.05) is 152 Å². The molecule has 0 radical (unpaired) electrons. The summed E-state index contributed by atoms with van der Waals surface area (Å²) in [5, 5.41) is 13.2. The highest BCUT2D eigenvalue weighted by Gasteiger charge is 2.37. The van der Waals surface area contributed by atoms with Crippen molar-refractivity contribution in [3.05, 3.63) is 204 Å². The van der Waals surface area contributed by atoms with Crippen molar-refractivity contribution in [1.29, 1.82) is 0 Å². The van der Waals surface area contributed by atoms with Crippen molar-refractivity contribution in [1.82, 2.24) is 0 Å². The van der Waals surface area contributed by atoms with Gasteiger partial charge in [0.05, 0.1) is 0 Å². The number of hydrogen-bond donors (Lipinski definition) is 0. The Kier molecular flexibility index (Phi) is 8.02.